The van der Waals surface area contributed by atoms with Gasteiger partial charge in [0.1, 0.15) is 23.8 Å². The maximum Gasteiger partial charge on any atom is 0.478 e. The molecule has 5 aliphatic rings. The number of nitrogens with zero attached hydrogens (tertiary/aromatic N) is 2. The lowest BCUT2D eigenvalue weighted by molar-refractivity contribution is -0.153. The van der Waals surface area contributed by atoms with Gasteiger partial charge in [-0.25, -0.2) is 9.59 Å². The fraction of sp³-hybridized carbons (Fsp3) is 0.674. The quantitative estimate of drug-likeness (QED) is 0.0886. The van der Waals surface area contributed by atoms with Crippen molar-refractivity contribution in [2.24, 2.45) is 17.3 Å². The number of hydrogen-bond acceptors (Lipinski definition) is 8. The van der Waals surface area contributed by atoms with Crippen LogP contribution in [0.4, 0.5) is 9.59 Å². The van der Waals surface area contributed by atoms with Crippen LogP contribution in [-0.2, 0) is 36.8 Å². The average Bonchev–Trinajstić information content (AvgIpc) is 3.76. The first-order valence-electron chi connectivity index (χ1n) is 20.6. The maximum atomic E-state index is 14.4. The predicted molar refractivity (Wildman–Crippen MR) is 216 cm³/mol. The highest BCUT2D eigenvalue weighted by Gasteiger charge is 2.57. The number of rotatable bonds is 17. The molecule has 4 amide bonds. The van der Waals surface area contributed by atoms with Crippen molar-refractivity contribution in [1.82, 2.24) is 20.4 Å². The van der Waals surface area contributed by atoms with Crippen molar-refractivity contribution in [2.45, 2.75) is 161 Å². The molecule has 13 heteroatoms. The zero-order chi connectivity index (χ0) is 40.8. The highest BCUT2D eigenvalue weighted by molar-refractivity contribution is 6.45. The monoisotopic (exact) mass is 776 g/mol. The molecule has 56 heavy (non-hydrogen) atoms. The summed E-state index contributed by atoms with van der Waals surface area (Å²) in [6.45, 7) is 20.2. The lowest BCUT2D eigenvalue weighted by atomic mass is 9.46. The minimum atomic E-state index is -1.27. The topological polar surface area (TPSA) is 147 Å². The molecule has 1 saturated heterocycles. The second-order valence-corrected chi connectivity index (χ2v) is 18.3. The molecule has 12 nitrogen and oxygen atoms in total. The van der Waals surface area contributed by atoms with E-state index in [0.717, 1.165) is 56.1 Å². The van der Waals surface area contributed by atoms with Crippen LogP contribution >= 0.6 is 0 Å². The van der Waals surface area contributed by atoms with Crippen LogP contribution in [0.5, 0.6) is 0 Å². The van der Waals surface area contributed by atoms with Gasteiger partial charge in [-0.2, -0.15) is 0 Å². The molecule has 3 N–H and O–H groups in total. The normalized spacial score (nSPS) is 25.9. The molecule has 4 fully saturated rings. The van der Waals surface area contributed by atoms with E-state index in [2.05, 4.69) is 44.6 Å². The van der Waals surface area contributed by atoms with E-state index in [9.17, 15) is 24.2 Å². The lowest BCUT2D eigenvalue weighted by Crippen LogP contribution is -2.61. The minimum absolute atomic E-state index is 0.0404. The Labute approximate surface area is 334 Å². The number of carbonyl (C=O) groups excluding carboxylic acids is 4. The SMILES string of the molecule is C=CCCCCCC[C@H](NC(=O)[C@@H]1C[C@@H](OC(=O)N2Cc3ccccc3C2)CN1C(=O)[C@H](CC=C)NC(=O)OC(C)(C)C)B(O)OC1(C)CC2C[C@@H](C1)C2(C)C. The third-order valence-electron chi connectivity index (χ3n) is 12.4. The Balaban J connectivity index is 1.33. The molecular formula is C43H65BN4O8. The van der Waals surface area contributed by atoms with E-state index in [4.69, 9.17) is 14.1 Å². The van der Waals surface area contributed by atoms with Crippen LogP contribution in [-0.4, -0.2) is 87.8 Å². The maximum absolute atomic E-state index is 14.4. The summed E-state index contributed by atoms with van der Waals surface area (Å²) in [6.07, 6.45) is 9.37. The van der Waals surface area contributed by atoms with Gasteiger partial charge in [0.15, 0.2) is 0 Å². The molecule has 3 saturated carbocycles. The highest BCUT2D eigenvalue weighted by Crippen LogP contribution is 2.62. The molecule has 2 aliphatic heterocycles. The Hall–Kier alpha value is -3.84. The van der Waals surface area contributed by atoms with Gasteiger partial charge in [-0.05, 0) is 101 Å². The number of amides is 4. The first-order chi connectivity index (χ1) is 26.4. The zero-order valence-corrected chi connectivity index (χ0v) is 34.5. The van der Waals surface area contributed by atoms with Crippen molar-refractivity contribution < 1.29 is 38.3 Å². The van der Waals surface area contributed by atoms with Gasteiger partial charge in [-0.15, -0.1) is 13.2 Å². The molecule has 0 aromatic heterocycles. The van der Waals surface area contributed by atoms with Gasteiger partial charge in [0.25, 0.3) is 0 Å². The zero-order valence-electron chi connectivity index (χ0n) is 34.5. The summed E-state index contributed by atoms with van der Waals surface area (Å²) in [6, 6.07) is 5.68. The smallest absolute Gasteiger partial charge is 0.444 e. The fourth-order valence-electron chi connectivity index (χ4n) is 9.08. The third kappa shape index (κ3) is 10.8. The number of benzene rings is 1. The molecule has 6 rings (SSSR count). The minimum Gasteiger partial charge on any atom is -0.444 e. The molecule has 2 unspecified atom stereocenters. The number of likely N-dealkylation sites (tertiary alicyclic amines) is 1. The first-order valence-corrected chi connectivity index (χ1v) is 20.6. The van der Waals surface area contributed by atoms with Crippen LogP contribution in [0, 0.1) is 17.3 Å². The number of hydrogen-bond donors (Lipinski definition) is 3. The van der Waals surface area contributed by atoms with Crippen molar-refractivity contribution in [1.29, 1.82) is 0 Å². The summed E-state index contributed by atoms with van der Waals surface area (Å²) in [5.41, 5.74) is 1.02. The standard InChI is InChI=1S/C43H65BN4O8/c1-9-11-12-13-14-15-21-36(44(53)56-43(8)24-31-22-32(25-43)42(31,6)7)46-37(49)35-23-33(54-40(52)47-26-29-19-16-17-20-30(29)27-47)28-48(35)38(50)34(18-10-2)45-39(51)55-41(3,4)5/h9-10,16-17,19-20,31-36,53H,1-2,11-15,18,21-28H2,3-8H3,(H,45,51)(H,46,49)/t31-,32?,33+,34-,35-,36-,43?/m0/s1. The van der Waals surface area contributed by atoms with Crippen molar-refractivity contribution >= 4 is 31.1 Å². The average molecular weight is 777 g/mol. The van der Waals surface area contributed by atoms with E-state index >= 15 is 0 Å². The Kier molecular flexibility index (Phi) is 14.1. The third-order valence-corrected chi connectivity index (χ3v) is 12.4. The van der Waals surface area contributed by atoms with Crippen LogP contribution in [0.25, 0.3) is 0 Å². The molecule has 1 aromatic carbocycles. The number of alkyl carbamates (subject to hydrolysis) is 1. The van der Waals surface area contributed by atoms with Crippen LogP contribution in [0.3, 0.4) is 0 Å². The van der Waals surface area contributed by atoms with Gasteiger partial charge >= 0.3 is 19.3 Å². The second kappa shape index (κ2) is 18.2. The lowest BCUT2D eigenvalue weighted by Gasteiger charge is -2.62. The number of carbonyl (C=O) groups is 4. The second-order valence-electron chi connectivity index (χ2n) is 18.3. The summed E-state index contributed by atoms with van der Waals surface area (Å²) >= 11 is 0. The number of fused-ring (bicyclic) bond motifs is 3. The van der Waals surface area contributed by atoms with E-state index in [1.807, 2.05) is 30.3 Å². The molecule has 7 atom stereocenters. The Morgan fingerprint density at radius 2 is 1.61 bits per heavy atom. The highest BCUT2D eigenvalue weighted by atomic mass is 16.6. The van der Waals surface area contributed by atoms with E-state index in [-0.39, 0.29) is 24.8 Å². The molecule has 1 aromatic rings. The molecule has 2 heterocycles. The Bertz CT molecular complexity index is 1560. The molecule has 0 radical (unpaired) electrons. The van der Waals surface area contributed by atoms with Crippen LogP contribution in [0.1, 0.15) is 123 Å². The van der Waals surface area contributed by atoms with Crippen molar-refractivity contribution in [2.75, 3.05) is 6.54 Å². The summed E-state index contributed by atoms with van der Waals surface area (Å²) in [7, 11) is -1.27. The number of allylic oxidation sites excluding steroid dienone is 1. The summed E-state index contributed by atoms with van der Waals surface area (Å²) < 4.78 is 17.9. The Morgan fingerprint density at radius 1 is 0.964 bits per heavy atom. The Morgan fingerprint density at radius 3 is 2.20 bits per heavy atom. The first kappa shape index (κ1) is 43.3. The van der Waals surface area contributed by atoms with Gasteiger partial charge in [-0.3, -0.25) is 14.5 Å². The number of ether oxygens (including phenoxy) is 2. The van der Waals surface area contributed by atoms with E-state index in [0.29, 0.717) is 31.3 Å². The molecule has 308 valence electrons. The predicted octanol–water partition coefficient (Wildman–Crippen LogP) is 6.84. The van der Waals surface area contributed by atoms with Gasteiger partial charge in [0.05, 0.1) is 18.1 Å². The largest absolute Gasteiger partial charge is 0.478 e. The molecule has 0 spiro atoms. The van der Waals surface area contributed by atoms with Gasteiger partial charge in [0, 0.05) is 19.5 Å². The summed E-state index contributed by atoms with van der Waals surface area (Å²) in [5.74, 6) is -0.731. The summed E-state index contributed by atoms with van der Waals surface area (Å²) in [4.78, 5) is 58.0. The van der Waals surface area contributed by atoms with E-state index in [1.54, 1.807) is 25.7 Å². The molecular weight excluding hydrogens is 711 g/mol. The molecule has 2 bridgehead atoms. The van der Waals surface area contributed by atoms with Gasteiger partial charge < -0.3 is 34.7 Å². The van der Waals surface area contributed by atoms with Gasteiger partial charge in [0.2, 0.25) is 11.8 Å². The van der Waals surface area contributed by atoms with E-state index in [1.165, 1.54) is 17.4 Å². The van der Waals surface area contributed by atoms with Crippen LogP contribution < -0.4 is 10.6 Å². The fourth-order valence-corrected chi connectivity index (χ4v) is 9.08. The number of nitrogens with one attached hydrogen (secondary N) is 2. The van der Waals surface area contributed by atoms with Crippen molar-refractivity contribution in [3.63, 3.8) is 0 Å². The summed E-state index contributed by atoms with van der Waals surface area (Å²) in [5, 5.41) is 17.4. The van der Waals surface area contributed by atoms with Gasteiger partial charge in [-0.1, -0.05) is 69.5 Å². The van der Waals surface area contributed by atoms with Crippen molar-refractivity contribution in [3.05, 3.63) is 60.7 Å². The van der Waals surface area contributed by atoms with Crippen molar-refractivity contribution in [3.8, 4) is 0 Å². The van der Waals surface area contributed by atoms with Crippen LogP contribution in [0.15, 0.2) is 49.6 Å². The van der Waals surface area contributed by atoms with Crippen LogP contribution in [0.2, 0.25) is 0 Å². The van der Waals surface area contributed by atoms with E-state index < -0.39 is 66.5 Å². The number of unbranched alkanes of at least 4 members (excludes halogenated alkanes) is 4. The molecule has 3 aliphatic carbocycles.